The Bertz CT molecular complexity index is 93.6. The van der Waals surface area contributed by atoms with Gasteiger partial charge >= 0.3 is 0 Å². The van der Waals surface area contributed by atoms with Crippen LogP contribution in [0.1, 0.15) is 40.5 Å². The average molecular weight is 219 g/mol. The lowest BCUT2D eigenvalue weighted by molar-refractivity contribution is 0.0272. The van der Waals surface area contributed by atoms with Crippen LogP contribution in [-0.2, 0) is 9.47 Å². The van der Waals surface area contributed by atoms with Crippen molar-refractivity contribution in [2.24, 2.45) is 0 Å². The van der Waals surface area contributed by atoms with Gasteiger partial charge in [0.25, 0.3) is 0 Å². The highest BCUT2D eigenvalue weighted by Gasteiger charge is 2.13. The summed E-state index contributed by atoms with van der Waals surface area (Å²) in [5.41, 5.74) is 0. The van der Waals surface area contributed by atoms with Crippen molar-refractivity contribution in [2.75, 3.05) is 33.4 Å². The summed E-state index contributed by atoms with van der Waals surface area (Å²) in [6.07, 6.45) is 2.82. The maximum Gasteiger partial charge on any atom is 0.0712 e. The van der Waals surface area contributed by atoms with Gasteiger partial charge in [-0.25, -0.2) is 0 Å². The van der Waals surface area contributed by atoms with E-state index in [1.54, 1.807) is 7.11 Å². The Labute approximate surface area is 95.5 Å². The molecule has 0 bridgehead atoms. The molecular formula is C12H29NO2. The van der Waals surface area contributed by atoms with Gasteiger partial charge in [0.1, 0.15) is 0 Å². The molecule has 0 aromatic carbocycles. The Hall–Kier alpha value is -0.120. The third-order valence-corrected chi connectivity index (χ3v) is 1.66. The second-order valence-electron chi connectivity index (χ2n) is 3.19. The fourth-order valence-corrected chi connectivity index (χ4v) is 1.07. The molecule has 94 valence electrons. The second-order valence-corrected chi connectivity index (χ2v) is 3.19. The van der Waals surface area contributed by atoms with Gasteiger partial charge in [-0.3, -0.25) is 0 Å². The molecule has 1 aliphatic rings. The van der Waals surface area contributed by atoms with Crippen LogP contribution in [0.15, 0.2) is 0 Å². The lowest BCUT2D eigenvalue weighted by Gasteiger charge is -2.08. The zero-order valence-corrected chi connectivity index (χ0v) is 11.1. The van der Waals surface area contributed by atoms with Crippen LogP contribution in [-0.4, -0.2) is 39.5 Å². The van der Waals surface area contributed by atoms with E-state index in [9.17, 15) is 0 Å². The van der Waals surface area contributed by atoms with Crippen LogP contribution in [0.5, 0.6) is 0 Å². The van der Waals surface area contributed by atoms with Crippen molar-refractivity contribution in [1.82, 2.24) is 5.32 Å². The molecule has 0 aliphatic carbocycles. The first kappa shape index (κ1) is 17.3. The van der Waals surface area contributed by atoms with Crippen LogP contribution in [0.2, 0.25) is 0 Å². The van der Waals surface area contributed by atoms with Crippen molar-refractivity contribution in [1.29, 1.82) is 0 Å². The molecule has 0 radical (unpaired) electrons. The van der Waals surface area contributed by atoms with Gasteiger partial charge < -0.3 is 14.8 Å². The number of hydrogen-bond acceptors (Lipinski definition) is 3. The zero-order valence-electron chi connectivity index (χ0n) is 11.1. The van der Waals surface area contributed by atoms with Gasteiger partial charge in [-0.2, -0.15) is 0 Å². The van der Waals surface area contributed by atoms with E-state index in [1.165, 1.54) is 6.42 Å². The Kier molecular flexibility index (Phi) is 18.8. The predicted molar refractivity (Wildman–Crippen MR) is 66.4 cm³/mol. The van der Waals surface area contributed by atoms with E-state index in [-0.39, 0.29) is 0 Å². The van der Waals surface area contributed by atoms with Crippen molar-refractivity contribution >= 4 is 0 Å². The molecule has 1 fully saturated rings. The fraction of sp³-hybridized carbons (Fsp3) is 1.00. The van der Waals surface area contributed by atoms with Gasteiger partial charge in [0, 0.05) is 13.7 Å². The minimum Gasteiger partial charge on any atom is -0.382 e. The fourth-order valence-electron chi connectivity index (χ4n) is 1.07. The standard InChI is InChI=1S/C7H15NO2.C3H8.C2H6/c1-9-4-5-10-7-2-3-8-6-7;1-3-2;1-2/h7-8H,2-6H2,1H3;3H2,1-2H3;1-2H3. The summed E-state index contributed by atoms with van der Waals surface area (Å²) in [5.74, 6) is 0. The van der Waals surface area contributed by atoms with E-state index in [0.717, 1.165) is 26.1 Å². The Morgan fingerprint density at radius 1 is 1.20 bits per heavy atom. The molecule has 15 heavy (non-hydrogen) atoms. The highest BCUT2D eigenvalue weighted by molar-refractivity contribution is 4.70. The van der Waals surface area contributed by atoms with E-state index in [0.29, 0.717) is 12.7 Å². The average Bonchev–Trinajstić information content (AvgIpc) is 2.75. The number of nitrogens with one attached hydrogen (secondary N) is 1. The quantitative estimate of drug-likeness (QED) is 0.737. The van der Waals surface area contributed by atoms with Gasteiger partial charge in [-0.15, -0.1) is 0 Å². The molecule has 1 rings (SSSR count). The summed E-state index contributed by atoms with van der Waals surface area (Å²) in [4.78, 5) is 0. The minimum atomic E-state index is 0.426. The van der Waals surface area contributed by atoms with Crippen LogP contribution in [0, 0.1) is 0 Å². The molecule has 0 amide bonds. The van der Waals surface area contributed by atoms with Crippen LogP contribution in [0.4, 0.5) is 0 Å². The third kappa shape index (κ3) is 13.9. The van der Waals surface area contributed by atoms with Gasteiger partial charge in [-0.1, -0.05) is 34.1 Å². The Balaban J connectivity index is 0. The lowest BCUT2D eigenvalue weighted by atomic mass is 10.3. The molecular weight excluding hydrogens is 190 g/mol. The van der Waals surface area contributed by atoms with Gasteiger partial charge in [0.05, 0.1) is 19.3 Å². The van der Waals surface area contributed by atoms with E-state index in [4.69, 9.17) is 9.47 Å². The SMILES string of the molecule is CC.CCC.COCCOC1CCNC1. The first-order chi connectivity index (χ1) is 7.35. The second kappa shape index (κ2) is 16.3. The van der Waals surface area contributed by atoms with Gasteiger partial charge in [0.15, 0.2) is 0 Å². The molecule has 3 heteroatoms. The van der Waals surface area contributed by atoms with Crippen molar-refractivity contribution in [3.05, 3.63) is 0 Å². The monoisotopic (exact) mass is 219 g/mol. The highest BCUT2D eigenvalue weighted by Crippen LogP contribution is 2.01. The molecule has 1 atom stereocenters. The number of ether oxygens (including phenoxy) is 2. The number of rotatable bonds is 4. The van der Waals surface area contributed by atoms with Crippen molar-refractivity contribution in [3.8, 4) is 0 Å². The predicted octanol–water partition coefficient (Wildman–Crippen LogP) is 2.45. The molecule has 1 N–H and O–H groups in total. The Morgan fingerprint density at radius 2 is 1.80 bits per heavy atom. The first-order valence-corrected chi connectivity index (χ1v) is 6.16. The summed E-state index contributed by atoms with van der Waals surface area (Å²) >= 11 is 0. The lowest BCUT2D eigenvalue weighted by Crippen LogP contribution is -2.18. The van der Waals surface area contributed by atoms with Crippen LogP contribution in [0.3, 0.4) is 0 Å². The van der Waals surface area contributed by atoms with E-state index >= 15 is 0 Å². The molecule has 0 aromatic rings. The molecule has 1 unspecified atom stereocenters. The van der Waals surface area contributed by atoms with Gasteiger partial charge in [0.2, 0.25) is 0 Å². The van der Waals surface area contributed by atoms with Gasteiger partial charge in [-0.05, 0) is 13.0 Å². The van der Waals surface area contributed by atoms with E-state index in [1.807, 2.05) is 13.8 Å². The topological polar surface area (TPSA) is 30.5 Å². The smallest absolute Gasteiger partial charge is 0.0712 e. The first-order valence-electron chi connectivity index (χ1n) is 6.16. The van der Waals surface area contributed by atoms with E-state index < -0.39 is 0 Å². The summed E-state index contributed by atoms with van der Waals surface area (Å²) in [7, 11) is 1.69. The normalized spacial score (nSPS) is 18.6. The van der Waals surface area contributed by atoms with Crippen LogP contribution in [0.25, 0.3) is 0 Å². The summed E-state index contributed by atoms with van der Waals surface area (Å²) in [6.45, 7) is 11.8. The Morgan fingerprint density at radius 3 is 2.20 bits per heavy atom. The molecule has 1 aliphatic heterocycles. The van der Waals surface area contributed by atoms with Crippen LogP contribution >= 0.6 is 0 Å². The van der Waals surface area contributed by atoms with Crippen molar-refractivity contribution < 1.29 is 9.47 Å². The summed E-state index contributed by atoms with van der Waals surface area (Å²) in [5, 5.41) is 3.23. The van der Waals surface area contributed by atoms with E-state index in [2.05, 4.69) is 19.2 Å². The molecule has 1 saturated heterocycles. The molecule has 0 spiro atoms. The summed E-state index contributed by atoms with van der Waals surface area (Å²) < 4.78 is 10.3. The molecule has 0 saturated carbocycles. The third-order valence-electron chi connectivity index (χ3n) is 1.66. The maximum absolute atomic E-state index is 5.46. The maximum atomic E-state index is 5.46. The molecule has 3 nitrogen and oxygen atoms in total. The number of methoxy groups -OCH3 is 1. The minimum absolute atomic E-state index is 0.426. The van der Waals surface area contributed by atoms with Crippen molar-refractivity contribution in [2.45, 2.75) is 46.6 Å². The summed E-state index contributed by atoms with van der Waals surface area (Å²) in [6, 6.07) is 0. The molecule has 0 aromatic heterocycles. The number of hydrogen-bond donors (Lipinski definition) is 1. The van der Waals surface area contributed by atoms with Crippen molar-refractivity contribution in [3.63, 3.8) is 0 Å². The highest BCUT2D eigenvalue weighted by atomic mass is 16.5. The van der Waals surface area contributed by atoms with Crippen LogP contribution < -0.4 is 5.32 Å². The zero-order chi connectivity index (χ0) is 11.9. The molecule has 1 heterocycles. The largest absolute Gasteiger partial charge is 0.382 e.